The van der Waals surface area contributed by atoms with Gasteiger partial charge in [-0.05, 0) is 55.8 Å². The minimum absolute atomic E-state index is 0.0146. The largest absolute Gasteiger partial charge is 0.462 e. The normalized spacial score (nSPS) is 10.8. The van der Waals surface area contributed by atoms with Crippen LogP contribution in [0.2, 0.25) is 0 Å². The van der Waals surface area contributed by atoms with Gasteiger partial charge in [-0.25, -0.2) is 18.0 Å². The highest BCUT2D eigenvalue weighted by Crippen LogP contribution is 2.34. The number of methoxy groups -OCH3 is 1. The Morgan fingerprint density at radius 1 is 0.946 bits per heavy atom. The SMILES string of the molecule is CCOC(=O)c1sc(NC(=O)c2ccc(NS(=O)(=O)c3ccccc3)cc2)c(C(=O)NC(=O)OC)c1C. The molecule has 3 rings (SSSR count). The number of sulfonamides is 1. The smallest absolute Gasteiger partial charge is 0.413 e. The number of benzene rings is 2. The minimum atomic E-state index is -3.81. The van der Waals surface area contributed by atoms with Gasteiger partial charge in [0.05, 0.1) is 24.2 Å². The van der Waals surface area contributed by atoms with Crippen molar-refractivity contribution in [3.05, 3.63) is 76.2 Å². The van der Waals surface area contributed by atoms with Crippen molar-refractivity contribution in [2.75, 3.05) is 23.8 Å². The number of rotatable bonds is 8. The molecule has 0 aliphatic heterocycles. The maximum atomic E-state index is 12.9. The summed E-state index contributed by atoms with van der Waals surface area (Å²) in [5.41, 5.74) is 0.491. The third-order valence-corrected chi connectivity index (χ3v) is 7.50. The molecular weight excluding hydrogens is 522 g/mol. The van der Waals surface area contributed by atoms with Crippen LogP contribution in [0, 0.1) is 6.92 Å². The quantitative estimate of drug-likeness (QED) is 0.361. The molecule has 0 saturated carbocycles. The summed E-state index contributed by atoms with van der Waals surface area (Å²) in [7, 11) is -2.73. The van der Waals surface area contributed by atoms with E-state index >= 15 is 0 Å². The Kier molecular flexibility index (Phi) is 8.63. The van der Waals surface area contributed by atoms with Gasteiger partial charge in [-0.15, -0.1) is 11.3 Å². The summed E-state index contributed by atoms with van der Waals surface area (Å²) in [5.74, 6) is -2.20. The summed E-state index contributed by atoms with van der Waals surface area (Å²) in [6.07, 6.45) is -1.01. The van der Waals surface area contributed by atoms with Gasteiger partial charge in [0.25, 0.3) is 21.8 Å². The van der Waals surface area contributed by atoms with E-state index < -0.39 is 33.9 Å². The van der Waals surface area contributed by atoms with Crippen LogP contribution in [0.4, 0.5) is 15.5 Å². The molecule has 2 aromatic carbocycles. The maximum Gasteiger partial charge on any atom is 0.413 e. The minimum Gasteiger partial charge on any atom is -0.462 e. The van der Waals surface area contributed by atoms with Crippen LogP contribution in [0.5, 0.6) is 0 Å². The number of anilines is 2. The number of imide groups is 1. The molecule has 0 saturated heterocycles. The predicted octanol–water partition coefficient (Wildman–Crippen LogP) is 3.78. The number of hydrogen-bond donors (Lipinski definition) is 3. The third-order valence-electron chi connectivity index (χ3n) is 4.92. The first-order valence-corrected chi connectivity index (χ1v) is 13.1. The van der Waals surface area contributed by atoms with E-state index in [1.807, 2.05) is 5.32 Å². The summed E-state index contributed by atoms with van der Waals surface area (Å²) in [4.78, 5) is 49.7. The molecule has 0 aliphatic carbocycles. The van der Waals surface area contributed by atoms with Crippen LogP contribution in [-0.2, 0) is 19.5 Å². The number of esters is 1. The number of thiophene rings is 1. The van der Waals surface area contributed by atoms with E-state index in [0.717, 1.165) is 18.4 Å². The lowest BCUT2D eigenvalue weighted by atomic mass is 10.1. The molecule has 0 fully saturated rings. The molecule has 0 spiro atoms. The fourth-order valence-corrected chi connectivity index (χ4v) is 5.32. The van der Waals surface area contributed by atoms with Gasteiger partial charge in [0.2, 0.25) is 0 Å². The topological polar surface area (TPSA) is 157 Å². The van der Waals surface area contributed by atoms with Crippen molar-refractivity contribution in [1.29, 1.82) is 0 Å². The van der Waals surface area contributed by atoms with Crippen molar-refractivity contribution in [2.24, 2.45) is 0 Å². The Labute approximate surface area is 216 Å². The molecule has 13 heteroatoms. The van der Waals surface area contributed by atoms with Crippen molar-refractivity contribution in [3.63, 3.8) is 0 Å². The van der Waals surface area contributed by atoms with E-state index in [2.05, 4.69) is 14.8 Å². The van der Waals surface area contributed by atoms with Crippen molar-refractivity contribution in [2.45, 2.75) is 18.7 Å². The molecule has 0 aliphatic rings. The Balaban J connectivity index is 1.84. The predicted molar refractivity (Wildman–Crippen MR) is 137 cm³/mol. The van der Waals surface area contributed by atoms with Crippen molar-refractivity contribution < 1.29 is 37.1 Å². The summed E-state index contributed by atoms with van der Waals surface area (Å²) in [6.45, 7) is 3.21. The summed E-state index contributed by atoms with van der Waals surface area (Å²) in [6, 6.07) is 13.4. The molecule has 194 valence electrons. The molecule has 0 radical (unpaired) electrons. The van der Waals surface area contributed by atoms with Crippen LogP contribution in [0.1, 0.15) is 42.9 Å². The number of nitrogens with one attached hydrogen (secondary N) is 3. The lowest BCUT2D eigenvalue weighted by Gasteiger charge is -2.10. The second kappa shape index (κ2) is 11.7. The second-order valence-corrected chi connectivity index (χ2v) is 10.1. The lowest BCUT2D eigenvalue weighted by Crippen LogP contribution is -2.31. The average Bonchev–Trinajstić information content (AvgIpc) is 3.20. The Bertz CT molecular complexity index is 1430. The molecule has 1 aromatic heterocycles. The highest BCUT2D eigenvalue weighted by molar-refractivity contribution is 7.92. The Morgan fingerprint density at radius 3 is 2.19 bits per heavy atom. The van der Waals surface area contributed by atoms with Crippen molar-refractivity contribution in [1.82, 2.24) is 5.32 Å². The molecule has 0 atom stereocenters. The highest BCUT2D eigenvalue weighted by atomic mass is 32.2. The van der Waals surface area contributed by atoms with Gasteiger partial charge in [0, 0.05) is 11.3 Å². The maximum absolute atomic E-state index is 12.9. The Morgan fingerprint density at radius 2 is 1.59 bits per heavy atom. The molecule has 3 amide bonds. The first kappa shape index (κ1) is 27.4. The van der Waals surface area contributed by atoms with E-state index in [4.69, 9.17) is 4.74 Å². The number of ether oxygens (including phenoxy) is 2. The number of amides is 3. The number of hydrogen-bond acceptors (Lipinski definition) is 9. The average molecular weight is 546 g/mol. The molecule has 3 aromatic rings. The van der Waals surface area contributed by atoms with Gasteiger partial charge in [0.1, 0.15) is 9.88 Å². The molecule has 37 heavy (non-hydrogen) atoms. The van der Waals surface area contributed by atoms with E-state index in [1.165, 1.54) is 43.3 Å². The third kappa shape index (κ3) is 6.51. The fraction of sp³-hybridized carbons (Fsp3) is 0.167. The number of carbonyl (C=O) groups excluding carboxylic acids is 4. The van der Waals surface area contributed by atoms with E-state index in [9.17, 15) is 27.6 Å². The monoisotopic (exact) mass is 545 g/mol. The Hall–Kier alpha value is -4.23. The van der Waals surface area contributed by atoms with Gasteiger partial charge in [0.15, 0.2) is 0 Å². The zero-order valence-electron chi connectivity index (χ0n) is 20.0. The van der Waals surface area contributed by atoms with Crippen LogP contribution >= 0.6 is 11.3 Å². The summed E-state index contributed by atoms with van der Waals surface area (Å²) < 4.78 is 36.9. The molecule has 0 bridgehead atoms. The van der Waals surface area contributed by atoms with E-state index in [0.29, 0.717) is 0 Å². The first-order valence-electron chi connectivity index (χ1n) is 10.8. The zero-order valence-corrected chi connectivity index (χ0v) is 21.6. The fourth-order valence-electron chi connectivity index (χ4n) is 3.15. The van der Waals surface area contributed by atoms with E-state index in [1.54, 1.807) is 25.1 Å². The molecule has 1 heterocycles. The van der Waals surface area contributed by atoms with Gasteiger partial charge in [-0.3, -0.25) is 19.6 Å². The van der Waals surface area contributed by atoms with Crippen LogP contribution in [-0.4, -0.2) is 46.0 Å². The van der Waals surface area contributed by atoms with E-state index in [-0.39, 0.29) is 43.8 Å². The summed E-state index contributed by atoms with van der Waals surface area (Å²) >= 11 is 0.818. The van der Waals surface area contributed by atoms with Crippen LogP contribution in [0.15, 0.2) is 59.5 Å². The van der Waals surface area contributed by atoms with Crippen LogP contribution < -0.4 is 15.4 Å². The lowest BCUT2D eigenvalue weighted by molar-refractivity contribution is 0.0531. The standard InChI is InChI=1S/C24H23N3O8S2/c1-4-35-23(30)19-14(2)18(21(29)26-24(31)34-3)22(36-19)25-20(28)15-10-12-16(13-11-15)27-37(32,33)17-8-6-5-7-9-17/h5-13,27H,4H2,1-3H3,(H,25,28)(H,26,29,31). The van der Waals surface area contributed by atoms with Gasteiger partial charge in [-0.1, -0.05) is 18.2 Å². The van der Waals surface area contributed by atoms with Gasteiger partial charge in [-0.2, -0.15) is 0 Å². The van der Waals surface area contributed by atoms with Gasteiger partial charge < -0.3 is 14.8 Å². The van der Waals surface area contributed by atoms with Crippen LogP contribution in [0.25, 0.3) is 0 Å². The van der Waals surface area contributed by atoms with Crippen LogP contribution in [0.3, 0.4) is 0 Å². The number of alkyl carbamates (subject to hydrolysis) is 1. The molecule has 11 nitrogen and oxygen atoms in total. The molecule has 0 unspecified atom stereocenters. The molecular formula is C24H23N3O8S2. The van der Waals surface area contributed by atoms with Gasteiger partial charge >= 0.3 is 12.1 Å². The zero-order chi connectivity index (χ0) is 27.2. The first-order chi connectivity index (χ1) is 17.6. The summed E-state index contributed by atoms with van der Waals surface area (Å²) in [5, 5.41) is 4.59. The van der Waals surface area contributed by atoms with Crippen molar-refractivity contribution >= 4 is 55.9 Å². The molecule has 3 N–H and O–H groups in total. The highest BCUT2D eigenvalue weighted by Gasteiger charge is 2.28. The van der Waals surface area contributed by atoms with Crippen molar-refractivity contribution in [3.8, 4) is 0 Å². The number of carbonyl (C=O) groups is 4. The second-order valence-electron chi connectivity index (χ2n) is 7.38.